The van der Waals surface area contributed by atoms with Crippen molar-refractivity contribution >= 4 is 24.2 Å². The van der Waals surface area contributed by atoms with Gasteiger partial charge in [-0.1, -0.05) is 18.9 Å². The number of hydrogen-bond acceptors (Lipinski definition) is 2. The van der Waals surface area contributed by atoms with E-state index in [0.717, 1.165) is 11.5 Å². The third-order valence-electron chi connectivity index (χ3n) is 4.02. The van der Waals surface area contributed by atoms with E-state index >= 15 is 0 Å². The fourth-order valence-corrected chi connectivity index (χ4v) is 10.3. The summed E-state index contributed by atoms with van der Waals surface area (Å²) in [6, 6.07) is 6.07. The molecule has 0 unspecified atom stereocenters. The van der Waals surface area contributed by atoms with E-state index in [1.807, 2.05) is 17.8 Å². The lowest BCUT2D eigenvalue weighted by molar-refractivity contribution is 0.357. The van der Waals surface area contributed by atoms with Gasteiger partial charge in [-0.3, -0.25) is 0 Å². The standard InChI is InChI=1S/C17H28ClO2P/c1-16(2,3)21(12-18,17(4,5)6)14-11-9-10-13(19-7)15(14)20-8/h9-12H,1-8H3. The smallest absolute Gasteiger partial charge is 0.200 e. The van der Waals surface area contributed by atoms with Crippen molar-refractivity contribution in [1.82, 2.24) is 0 Å². The van der Waals surface area contributed by atoms with Crippen LogP contribution in [0.4, 0.5) is 0 Å². The highest BCUT2D eigenvalue weighted by atomic mass is 35.5. The van der Waals surface area contributed by atoms with Gasteiger partial charge in [0, 0.05) is 0 Å². The molecule has 1 rings (SSSR count). The lowest BCUT2D eigenvalue weighted by Gasteiger charge is -2.52. The highest BCUT2D eigenvalue weighted by molar-refractivity contribution is 7.88. The van der Waals surface area contributed by atoms with Crippen LogP contribution in [0.25, 0.3) is 0 Å². The van der Waals surface area contributed by atoms with E-state index in [4.69, 9.17) is 21.1 Å². The summed E-state index contributed by atoms with van der Waals surface area (Å²) >= 11 is 6.48. The Balaban J connectivity index is 3.78. The molecule has 0 aliphatic carbocycles. The Kier molecular flexibility index (Phi) is 5.61. The molecule has 0 N–H and O–H groups in total. The second-order valence-electron chi connectivity index (χ2n) is 7.17. The molecule has 0 aliphatic heterocycles. The normalized spacial score (nSPS) is 13.2. The summed E-state index contributed by atoms with van der Waals surface area (Å²) in [5.74, 6) is 1.56. The van der Waals surface area contributed by atoms with Gasteiger partial charge in [-0.15, -0.1) is 0 Å². The van der Waals surface area contributed by atoms with E-state index < -0.39 is 7.26 Å². The Hall–Kier alpha value is -0.460. The van der Waals surface area contributed by atoms with E-state index in [2.05, 4.69) is 47.6 Å². The zero-order valence-corrected chi connectivity index (χ0v) is 16.1. The highest BCUT2D eigenvalue weighted by Crippen LogP contribution is 2.79. The molecule has 0 fully saturated rings. The molecule has 0 heterocycles. The minimum atomic E-state index is -1.86. The number of halogens is 1. The van der Waals surface area contributed by atoms with Gasteiger partial charge in [0.15, 0.2) is 5.75 Å². The van der Waals surface area contributed by atoms with Crippen molar-refractivity contribution in [2.75, 3.05) is 14.2 Å². The van der Waals surface area contributed by atoms with Crippen molar-refractivity contribution in [3.8, 4) is 11.5 Å². The number of methoxy groups -OCH3 is 2. The Labute approximate surface area is 135 Å². The number of rotatable bonds is 4. The third kappa shape index (κ3) is 3.03. The van der Waals surface area contributed by atoms with Crippen LogP contribution >= 0.6 is 18.9 Å². The molecule has 0 aromatic heterocycles. The SMILES string of the molecule is COc1cccc([P+]([CH-]Cl)(C(C)(C)C)C(C)(C)C)c1OC. The maximum atomic E-state index is 6.48. The Morgan fingerprint density at radius 1 is 0.952 bits per heavy atom. The Bertz CT molecular complexity index is 473. The van der Waals surface area contributed by atoms with Gasteiger partial charge in [0.2, 0.25) is 5.75 Å². The van der Waals surface area contributed by atoms with Gasteiger partial charge in [0.05, 0.1) is 24.5 Å². The van der Waals surface area contributed by atoms with Gasteiger partial charge in [-0.05, 0) is 53.7 Å². The summed E-state index contributed by atoms with van der Waals surface area (Å²) in [4.78, 5) is 0. The molecule has 0 spiro atoms. The maximum Gasteiger partial charge on any atom is 0.200 e. The molecule has 1 aromatic rings. The van der Waals surface area contributed by atoms with Crippen LogP contribution in [0.5, 0.6) is 11.5 Å². The van der Waals surface area contributed by atoms with Gasteiger partial charge in [0.1, 0.15) is 5.30 Å². The highest BCUT2D eigenvalue weighted by Gasteiger charge is 2.54. The van der Waals surface area contributed by atoms with Crippen molar-refractivity contribution in [2.45, 2.75) is 51.9 Å². The molecular weight excluding hydrogens is 303 g/mol. The average molecular weight is 331 g/mol. The molecule has 120 valence electrons. The van der Waals surface area contributed by atoms with Crippen molar-refractivity contribution in [3.63, 3.8) is 0 Å². The first kappa shape index (κ1) is 18.6. The van der Waals surface area contributed by atoms with Crippen molar-refractivity contribution in [1.29, 1.82) is 0 Å². The van der Waals surface area contributed by atoms with Crippen LogP contribution in [0.15, 0.2) is 18.2 Å². The molecule has 0 saturated heterocycles. The molecule has 0 atom stereocenters. The second-order valence-corrected chi connectivity index (χ2v) is 12.6. The molecule has 0 bridgehead atoms. The van der Waals surface area contributed by atoms with E-state index in [0.29, 0.717) is 0 Å². The van der Waals surface area contributed by atoms with Crippen LogP contribution in [0, 0.1) is 5.62 Å². The van der Waals surface area contributed by atoms with Gasteiger partial charge in [-0.25, -0.2) is 0 Å². The zero-order chi connectivity index (χ0) is 16.5. The van der Waals surface area contributed by atoms with Gasteiger partial charge >= 0.3 is 0 Å². The summed E-state index contributed by atoms with van der Waals surface area (Å²) in [5, 5.41) is 1.21. The first-order valence-corrected chi connectivity index (χ1v) is 9.41. The van der Waals surface area contributed by atoms with Gasteiger partial charge in [-0.2, -0.15) is 0 Å². The van der Waals surface area contributed by atoms with Crippen LogP contribution in [0.3, 0.4) is 0 Å². The van der Waals surface area contributed by atoms with Gasteiger partial charge < -0.3 is 21.1 Å². The lowest BCUT2D eigenvalue weighted by atomic mass is 10.2. The maximum absolute atomic E-state index is 6.48. The van der Waals surface area contributed by atoms with Crippen molar-refractivity contribution in [2.24, 2.45) is 0 Å². The molecule has 0 saturated carbocycles. The molecule has 0 radical (unpaired) electrons. The second kappa shape index (κ2) is 6.34. The zero-order valence-electron chi connectivity index (χ0n) is 14.5. The van der Waals surface area contributed by atoms with Crippen LogP contribution in [0.1, 0.15) is 41.5 Å². The molecular formula is C17H28ClO2P. The van der Waals surface area contributed by atoms with Crippen LogP contribution < -0.4 is 14.8 Å². The number of benzene rings is 1. The first-order valence-electron chi connectivity index (χ1n) is 7.12. The lowest BCUT2D eigenvalue weighted by Crippen LogP contribution is -2.40. The minimum absolute atomic E-state index is 0.0205. The van der Waals surface area contributed by atoms with Crippen molar-refractivity contribution < 1.29 is 9.47 Å². The van der Waals surface area contributed by atoms with Crippen LogP contribution in [-0.2, 0) is 0 Å². The van der Waals surface area contributed by atoms with Crippen LogP contribution in [0.2, 0.25) is 0 Å². The van der Waals surface area contributed by atoms with E-state index in [-0.39, 0.29) is 10.3 Å². The fraction of sp³-hybridized carbons (Fsp3) is 0.588. The third-order valence-corrected chi connectivity index (χ3v) is 10.5. The monoisotopic (exact) mass is 330 g/mol. The summed E-state index contributed by atoms with van der Waals surface area (Å²) < 4.78 is 11.2. The fourth-order valence-electron chi connectivity index (χ4n) is 3.22. The number of ether oxygens (including phenoxy) is 2. The number of hydrogen-bond donors (Lipinski definition) is 0. The topological polar surface area (TPSA) is 18.5 Å². The molecule has 0 aliphatic rings. The minimum Gasteiger partial charge on any atom is -0.493 e. The summed E-state index contributed by atoms with van der Waals surface area (Å²) in [7, 11) is 1.50. The van der Waals surface area contributed by atoms with Gasteiger partial charge in [0.25, 0.3) is 0 Å². The summed E-state index contributed by atoms with van der Waals surface area (Å²) in [6.45, 7) is 13.5. The average Bonchev–Trinajstić information content (AvgIpc) is 2.36. The molecule has 1 aromatic carbocycles. The van der Waals surface area contributed by atoms with E-state index in [1.54, 1.807) is 14.2 Å². The molecule has 4 heteroatoms. The summed E-state index contributed by atoms with van der Waals surface area (Å²) in [5.41, 5.74) is 1.91. The largest absolute Gasteiger partial charge is 0.493 e. The van der Waals surface area contributed by atoms with Crippen molar-refractivity contribution in [3.05, 3.63) is 23.8 Å². The predicted molar refractivity (Wildman–Crippen MR) is 95.8 cm³/mol. The quantitative estimate of drug-likeness (QED) is 0.550. The van der Waals surface area contributed by atoms with E-state index in [9.17, 15) is 0 Å². The van der Waals surface area contributed by atoms with E-state index in [1.165, 1.54) is 5.30 Å². The molecule has 0 amide bonds. The summed E-state index contributed by atoms with van der Waals surface area (Å²) in [6.07, 6.45) is 0. The molecule has 2 nitrogen and oxygen atoms in total. The molecule has 21 heavy (non-hydrogen) atoms. The van der Waals surface area contributed by atoms with Crippen LogP contribution in [-0.4, -0.2) is 24.5 Å². The predicted octanol–water partition coefficient (Wildman–Crippen LogP) is 5.30. The first-order chi connectivity index (χ1) is 9.56. The Morgan fingerprint density at radius 3 is 1.81 bits per heavy atom. The number of para-hydroxylation sites is 1. The Morgan fingerprint density at radius 2 is 1.48 bits per heavy atom.